The van der Waals surface area contributed by atoms with Gasteiger partial charge in [0.1, 0.15) is 5.75 Å². The number of benzene rings is 2. The summed E-state index contributed by atoms with van der Waals surface area (Å²) in [5, 5.41) is 2.49. The number of fused-ring (bicyclic) bond motifs is 1. The van der Waals surface area contributed by atoms with E-state index < -0.39 is 5.25 Å². The summed E-state index contributed by atoms with van der Waals surface area (Å²) in [5.74, 6) is 0.738. The second kappa shape index (κ2) is 8.95. The predicted molar refractivity (Wildman–Crippen MR) is 108 cm³/mol. The Bertz CT molecular complexity index is 825. The van der Waals surface area contributed by atoms with E-state index in [1.807, 2.05) is 55.5 Å². The van der Waals surface area contributed by atoms with Crippen molar-refractivity contribution in [1.29, 1.82) is 0 Å². The average Bonchev–Trinajstić information content (AvgIpc) is 2.66. The van der Waals surface area contributed by atoms with E-state index in [1.54, 1.807) is 11.9 Å². The third-order valence-electron chi connectivity index (χ3n) is 4.48. The third kappa shape index (κ3) is 5.04. The summed E-state index contributed by atoms with van der Waals surface area (Å²) in [6.07, 6.45) is 0.934. The lowest BCUT2D eigenvalue weighted by Gasteiger charge is -2.25. The van der Waals surface area contributed by atoms with E-state index in [0.29, 0.717) is 13.2 Å². The second-order valence-corrected chi connectivity index (χ2v) is 7.82. The minimum Gasteiger partial charge on any atom is -0.493 e. The Hall–Kier alpha value is -2.47. The maximum atomic E-state index is 12.5. The van der Waals surface area contributed by atoms with E-state index in [0.717, 1.165) is 28.3 Å². The van der Waals surface area contributed by atoms with Crippen LogP contribution in [0.2, 0.25) is 0 Å². The van der Waals surface area contributed by atoms with Crippen molar-refractivity contribution < 1.29 is 14.3 Å². The summed E-state index contributed by atoms with van der Waals surface area (Å²) >= 11 is 1.45. The van der Waals surface area contributed by atoms with Gasteiger partial charge in [-0.05, 0) is 37.1 Å². The predicted octanol–water partition coefficient (Wildman–Crippen LogP) is 3.73. The van der Waals surface area contributed by atoms with E-state index >= 15 is 0 Å². The lowest BCUT2D eigenvalue weighted by Crippen LogP contribution is -2.36. The van der Waals surface area contributed by atoms with Gasteiger partial charge >= 0.3 is 0 Å². The molecule has 1 N–H and O–H groups in total. The number of ether oxygens (including phenoxy) is 1. The Morgan fingerprint density at radius 3 is 2.74 bits per heavy atom. The molecule has 1 unspecified atom stereocenters. The normalized spacial score (nSPS) is 15.6. The molecule has 5 nitrogen and oxygen atoms in total. The molecule has 0 aromatic heterocycles. The number of carbonyl (C=O) groups excluding carboxylic acids is 2. The van der Waals surface area contributed by atoms with Crippen molar-refractivity contribution in [3.05, 3.63) is 54.1 Å². The van der Waals surface area contributed by atoms with Crippen LogP contribution < -0.4 is 10.1 Å². The highest BCUT2D eigenvalue weighted by atomic mass is 32.2. The van der Waals surface area contributed by atoms with Crippen LogP contribution in [0.15, 0.2) is 53.4 Å². The number of rotatable bonds is 7. The fraction of sp³-hybridized carbons (Fsp3) is 0.333. The minimum absolute atomic E-state index is 0.0297. The Balaban J connectivity index is 1.44. The zero-order chi connectivity index (χ0) is 19.2. The largest absolute Gasteiger partial charge is 0.493 e. The summed E-state index contributed by atoms with van der Waals surface area (Å²) < 4.78 is 5.77. The molecule has 142 valence electrons. The molecular formula is C21H24N2O3S. The molecule has 2 aromatic carbocycles. The van der Waals surface area contributed by atoms with Gasteiger partial charge in [0.15, 0.2) is 0 Å². The first-order valence-electron chi connectivity index (χ1n) is 9.03. The van der Waals surface area contributed by atoms with Gasteiger partial charge in [0.05, 0.1) is 17.5 Å². The highest BCUT2D eigenvalue weighted by Gasteiger charge is 2.29. The number of nitrogens with one attached hydrogen (secondary N) is 1. The van der Waals surface area contributed by atoms with E-state index in [1.165, 1.54) is 11.8 Å². The van der Waals surface area contributed by atoms with Crippen molar-refractivity contribution in [3.8, 4) is 5.75 Å². The summed E-state index contributed by atoms with van der Waals surface area (Å²) in [7, 11) is 1.77. The first-order valence-corrected chi connectivity index (χ1v) is 9.91. The van der Waals surface area contributed by atoms with Gasteiger partial charge in [0.25, 0.3) is 0 Å². The highest BCUT2D eigenvalue weighted by Crippen LogP contribution is 2.36. The van der Waals surface area contributed by atoms with E-state index in [4.69, 9.17) is 4.74 Å². The molecule has 0 aliphatic carbocycles. The maximum Gasteiger partial charge on any atom is 0.238 e. The third-order valence-corrected chi connectivity index (χ3v) is 5.76. The van der Waals surface area contributed by atoms with Crippen LogP contribution in [0, 0.1) is 6.92 Å². The first kappa shape index (κ1) is 19.3. The van der Waals surface area contributed by atoms with Crippen LogP contribution in [0.5, 0.6) is 5.75 Å². The Morgan fingerprint density at radius 1 is 1.19 bits per heavy atom. The number of thioether (sulfide) groups is 1. The van der Waals surface area contributed by atoms with Crippen LogP contribution in [0.25, 0.3) is 0 Å². The molecule has 6 heteroatoms. The number of aryl methyl sites for hydroxylation is 1. The number of hydrogen-bond acceptors (Lipinski definition) is 4. The monoisotopic (exact) mass is 384 g/mol. The molecule has 2 amide bonds. The molecule has 1 atom stereocenters. The number of para-hydroxylation sites is 2. The van der Waals surface area contributed by atoms with E-state index in [2.05, 4.69) is 5.32 Å². The molecule has 0 spiro atoms. The smallest absolute Gasteiger partial charge is 0.238 e. The number of nitrogens with zero attached hydrogens (tertiary/aromatic N) is 1. The van der Waals surface area contributed by atoms with Crippen molar-refractivity contribution >= 4 is 29.3 Å². The van der Waals surface area contributed by atoms with Gasteiger partial charge in [-0.25, -0.2) is 0 Å². The van der Waals surface area contributed by atoms with Gasteiger partial charge < -0.3 is 15.0 Å². The maximum absolute atomic E-state index is 12.5. The van der Waals surface area contributed by atoms with Gasteiger partial charge in [-0.15, -0.1) is 11.8 Å². The van der Waals surface area contributed by atoms with Crippen LogP contribution in [0.3, 0.4) is 0 Å². The van der Waals surface area contributed by atoms with Gasteiger partial charge in [-0.3, -0.25) is 9.59 Å². The topological polar surface area (TPSA) is 58.6 Å². The Morgan fingerprint density at radius 2 is 1.93 bits per heavy atom. The second-order valence-electron chi connectivity index (χ2n) is 6.58. The highest BCUT2D eigenvalue weighted by molar-refractivity contribution is 8.01. The molecule has 1 aliphatic rings. The summed E-state index contributed by atoms with van der Waals surface area (Å²) in [6.45, 7) is 3.16. The van der Waals surface area contributed by atoms with Crippen LogP contribution in [0.4, 0.5) is 5.69 Å². The quantitative estimate of drug-likeness (QED) is 0.739. The molecule has 0 fully saturated rings. The number of hydrogen-bond donors (Lipinski definition) is 1. The SMILES string of the molecule is Cc1ccccc1OCCCN(C)C(=O)CC1Sc2ccccc2NC1=O. The van der Waals surface area contributed by atoms with Crippen molar-refractivity contribution in [1.82, 2.24) is 4.90 Å². The van der Waals surface area contributed by atoms with Crippen LogP contribution in [0.1, 0.15) is 18.4 Å². The van der Waals surface area contributed by atoms with Crippen LogP contribution in [-0.4, -0.2) is 42.2 Å². The Kier molecular flexibility index (Phi) is 6.40. The summed E-state index contributed by atoms with van der Waals surface area (Å²) in [4.78, 5) is 27.4. The van der Waals surface area contributed by atoms with Crippen molar-refractivity contribution in [2.24, 2.45) is 0 Å². The molecule has 2 aromatic rings. The van der Waals surface area contributed by atoms with Crippen molar-refractivity contribution in [3.63, 3.8) is 0 Å². The molecule has 0 saturated carbocycles. The van der Waals surface area contributed by atoms with Crippen LogP contribution in [-0.2, 0) is 9.59 Å². The first-order chi connectivity index (χ1) is 13.0. The van der Waals surface area contributed by atoms with Crippen molar-refractivity contribution in [2.75, 3.05) is 25.5 Å². The number of carbonyl (C=O) groups is 2. The lowest BCUT2D eigenvalue weighted by molar-refractivity contribution is -0.131. The molecule has 3 rings (SSSR count). The fourth-order valence-electron chi connectivity index (χ4n) is 2.87. The fourth-order valence-corrected chi connectivity index (χ4v) is 3.97. The molecule has 27 heavy (non-hydrogen) atoms. The van der Waals surface area contributed by atoms with Crippen LogP contribution >= 0.6 is 11.8 Å². The standard InChI is InChI=1S/C21H24N2O3S/c1-15-8-3-5-10-17(15)26-13-7-12-23(2)20(24)14-19-21(25)22-16-9-4-6-11-18(16)27-19/h3-6,8-11,19H,7,12-14H2,1-2H3,(H,22,25). The molecule has 1 heterocycles. The van der Waals surface area contributed by atoms with Gasteiger partial charge in [0.2, 0.25) is 11.8 Å². The molecule has 1 aliphatic heterocycles. The van der Waals surface area contributed by atoms with Gasteiger partial charge in [0, 0.05) is 24.9 Å². The zero-order valence-corrected chi connectivity index (χ0v) is 16.4. The number of anilines is 1. The summed E-state index contributed by atoms with van der Waals surface area (Å²) in [5.41, 5.74) is 1.92. The molecule has 0 radical (unpaired) electrons. The molecule has 0 saturated heterocycles. The minimum atomic E-state index is -0.391. The van der Waals surface area contributed by atoms with Crippen molar-refractivity contribution in [2.45, 2.75) is 29.9 Å². The molecular weight excluding hydrogens is 360 g/mol. The summed E-state index contributed by atoms with van der Waals surface area (Å²) in [6, 6.07) is 15.5. The zero-order valence-electron chi connectivity index (χ0n) is 15.6. The van der Waals surface area contributed by atoms with E-state index in [-0.39, 0.29) is 18.2 Å². The Labute approximate surface area is 164 Å². The van der Waals surface area contributed by atoms with Gasteiger partial charge in [-0.1, -0.05) is 30.3 Å². The lowest BCUT2D eigenvalue weighted by atomic mass is 10.2. The molecule has 0 bridgehead atoms. The van der Waals surface area contributed by atoms with E-state index in [9.17, 15) is 9.59 Å². The average molecular weight is 385 g/mol. The van der Waals surface area contributed by atoms with Gasteiger partial charge in [-0.2, -0.15) is 0 Å². The number of amides is 2.